The smallest absolute Gasteiger partial charge is 0.493 e. The molecular weight excluding hydrogens is 608 g/mol. The third-order valence-electron chi connectivity index (χ3n) is 6.29. The molecule has 0 aliphatic carbocycles. The molecule has 4 aromatic rings. The quantitative estimate of drug-likeness (QED) is 0.180. The highest BCUT2D eigenvalue weighted by Crippen LogP contribution is 2.40. The van der Waals surface area contributed by atoms with Gasteiger partial charge < -0.3 is 19.5 Å². The highest BCUT2D eigenvalue weighted by atomic mass is 35.5. The van der Waals surface area contributed by atoms with Crippen molar-refractivity contribution in [1.29, 1.82) is 0 Å². The number of halogens is 7. The largest absolute Gasteiger partial charge is 0.573 e. The van der Waals surface area contributed by atoms with Crippen molar-refractivity contribution in [3.63, 3.8) is 0 Å². The first kappa shape index (κ1) is 31.0. The van der Waals surface area contributed by atoms with Crippen molar-refractivity contribution in [2.75, 3.05) is 13.7 Å². The molecule has 42 heavy (non-hydrogen) atoms. The van der Waals surface area contributed by atoms with Crippen LogP contribution in [0.2, 0.25) is 4.34 Å². The summed E-state index contributed by atoms with van der Waals surface area (Å²) in [7, 11) is 1.34. The van der Waals surface area contributed by atoms with Crippen LogP contribution in [0.3, 0.4) is 0 Å². The van der Waals surface area contributed by atoms with Crippen molar-refractivity contribution in [1.82, 2.24) is 5.32 Å². The molecule has 0 aliphatic heterocycles. The van der Waals surface area contributed by atoms with E-state index in [1.165, 1.54) is 36.8 Å². The van der Waals surface area contributed by atoms with Gasteiger partial charge in [-0.1, -0.05) is 66.2 Å². The Labute approximate surface area is 245 Å². The van der Waals surface area contributed by atoms with E-state index in [0.29, 0.717) is 5.56 Å². The van der Waals surface area contributed by atoms with Gasteiger partial charge in [-0.3, -0.25) is 4.79 Å². The zero-order valence-electron chi connectivity index (χ0n) is 21.7. The maximum atomic E-state index is 13.3. The molecule has 4 rings (SSSR count). The summed E-state index contributed by atoms with van der Waals surface area (Å²) in [6, 6.07) is 18.9. The minimum absolute atomic E-state index is 0.0561. The first-order chi connectivity index (χ1) is 19.8. The van der Waals surface area contributed by atoms with Gasteiger partial charge in [0, 0.05) is 17.3 Å². The van der Waals surface area contributed by atoms with Crippen molar-refractivity contribution < 1.29 is 45.3 Å². The van der Waals surface area contributed by atoms with Crippen LogP contribution in [0.25, 0.3) is 0 Å². The fourth-order valence-electron chi connectivity index (χ4n) is 4.56. The van der Waals surface area contributed by atoms with E-state index in [4.69, 9.17) is 16.3 Å². The molecule has 0 saturated carbocycles. The van der Waals surface area contributed by atoms with Crippen LogP contribution in [-0.4, -0.2) is 32.3 Å². The lowest BCUT2D eigenvalue weighted by atomic mass is 9.70. The number of hydrogen-bond acceptors (Lipinski definition) is 5. The maximum absolute atomic E-state index is 13.3. The highest BCUT2D eigenvalue weighted by Gasteiger charge is 2.39. The highest BCUT2D eigenvalue weighted by molar-refractivity contribution is 7.15. The number of benzene rings is 3. The van der Waals surface area contributed by atoms with Crippen LogP contribution in [0.4, 0.5) is 26.3 Å². The second kappa shape index (κ2) is 12.5. The Hall–Kier alpha value is -3.90. The van der Waals surface area contributed by atoms with Gasteiger partial charge >= 0.3 is 12.7 Å². The zero-order chi connectivity index (χ0) is 30.5. The summed E-state index contributed by atoms with van der Waals surface area (Å²) < 4.78 is 92.6. The lowest BCUT2D eigenvalue weighted by Gasteiger charge is -2.36. The molecule has 0 bridgehead atoms. The predicted octanol–water partition coefficient (Wildman–Crippen LogP) is 8.17. The first-order valence-electron chi connectivity index (χ1n) is 12.2. The fraction of sp³-hybridized carbons (Fsp3) is 0.207. The summed E-state index contributed by atoms with van der Waals surface area (Å²) in [6.07, 6.45) is -9.94. The standard InChI is InChI=1S/C29H22ClF6NO4S/c1-39-24-23(16-42-25(24)30)26(38)37-17-27(15-18-7-3-2-4-8-18,19-9-5-11-21(13-19)40-28(31,32)33)20-10-6-12-22(14-20)41-29(34,35)36/h2-14,16H,15,17H2,1H3,(H,37,38). The molecule has 1 heterocycles. The molecule has 13 heteroatoms. The number of ether oxygens (including phenoxy) is 3. The Kier molecular flexibility index (Phi) is 9.27. The van der Waals surface area contributed by atoms with Gasteiger partial charge in [-0.15, -0.1) is 37.7 Å². The van der Waals surface area contributed by atoms with E-state index in [1.807, 2.05) is 0 Å². The number of nitrogens with one attached hydrogen (secondary N) is 1. The molecule has 0 fully saturated rings. The molecule has 1 N–H and O–H groups in total. The van der Waals surface area contributed by atoms with Crippen molar-refractivity contribution in [3.8, 4) is 17.2 Å². The molecule has 0 radical (unpaired) electrons. The number of thiophene rings is 1. The number of carbonyl (C=O) groups is 1. The van der Waals surface area contributed by atoms with Crippen LogP contribution in [0.15, 0.2) is 84.2 Å². The van der Waals surface area contributed by atoms with Crippen LogP contribution in [0, 0.1) is 0 Å². The molecule has 1 amide bonds. The number of carbonyl (C=O) groups excluding carboxylic acids is 1. The van der Waals surface area contributed by atoms with E-state index in [1.54, 1.807) is 30.3 Å². The lowest BCUT2D eigenvalue weighted by Crippen LogP contribution is -2.43. The van der Waals surface area contributed by atoms with Crippen LogP contribution < -0.4 is 19.5 Å². The van der Waals surface area contributed by atoms with Gasteiger partial charge in [0.05, 0.1) is 12.7 Å². The minimum Gasteiger partial charge on any atom is -0.493 e. The average molecular weight is 630 g/mol. The van der Waals surface area contributed by atoms with Gasteiger partial charge in [0.15, 0.2) is 5.75 Å². The average Bonchev–Trinajstić information content (AvgIpc) is 3.30. The monoisotopic (exact) mass is 629 g/mol. The molecule has 0 atom stereocenters. The van der Waals surface area contributed by atoms with Crippen molar-refractivity contribution in [2.45, 2.75) is 24.6 Å². The molecule has 0 spiro atoms. The van der Waals surface area contributed by atoms with Gasteiger partial charge in [0.25, 0.3) is 5.91 Å². The van der Waals surface area contributed by atoms with E-state index in [0.717, 1.165) is 35.6 Å². The molecule has 0 unspecified atom stereocenters. The van der Waals surface area contributed by atoms with Crippen molar-refractivity contribution >= 4 is 28.8 Å². The second-order valence-corrected chi connectivity index (χ2v) is 10.5. The van der Waals surface area contributed by atoms with Gasteiger partial charge in [-0.2, -0.15) is 0 Å². The van der Waals surface area contributed by atoms with E-state index in [9.17, 15) is 31.1 Å². The molecule has 0 aliphatic rings. The number of methoxy groups -OCH3 is 1. The van der Waals surface area contributed by atoms with Crippen molar-refractivity contribution in [3.05, 3.63) is 111 Å². The number of rotatable bonds is 10. The summed E-state index contributed by atoms with van der Waals surface area (Å²) in [5.74, 6) is -1.57. The van der Waals surface area contributed by atoms with E-state index < -0.39 is 35.5 Å². The number of alkyl halides is 6. The van der Waals surface area contributed by atoms with Crippen LogP contribution in [0.5, 0.6) is 17.2 Å². The predicted molar refractivity (Wildman–Crippen MR) is 145 cm³/mol. The van der Waals surface area contributed by atoms with E-state index in [2.05, 4.69) is 14.8 Å². The summed E-state index contributed by atoms with van der Waals surface area (Å²) >= 11 is 7.18. The Balaban J connectivity index is 1.89. The third kappa shape index (κ3) is 7.68. The SMILES string of the molecule is COc1c(C(=O)NCC(Cc2ccccc2)(c2cccc(OC(F)(F)F)c2)c2cccc(OC(F)(F)F)c2)csc1Cl. The topological polar surface area (TPSA) is 56.8 Å². The molecule has 3 aromatic carbocycles. The van der Waals surface area contributed by atoms with Gasteiger partial charge in [-0.05, 0) is 47.4 Å². The summed E-state index contributed by atoms with van der Waals surface area (Å²) in [4.78, 5) is 13.3. The lowest BCUT2D eigenvalue weighted by molar-refractivity contribution is -0.275. The summed E-state index contributed by atoms with van der Waals surface area (Å²) in [5.41, 5.74) is -0.155. The molecule has 5 nitrogen and oxygen atoms in total. The van der Waals surface area contributed by atoms with E-state index in [-0.39, 0.29) is 39.7 Å². The van der Waals surface area contributed by atoms with Crippen LogP contribution in [-0.2, 0) is 11.8 Å². The van der Waals surface area contributed by atoms with Gasteiger partial charge in [-0.25, -0.2) is 0 Å². The Bertz CT molecular complexity index is 1470. The number of hydrogen-bond donors (Lipinski definition) is 1. The second-order valence-electron chi connectivity index (χ2n) is 9.03. The summed E-state index contributed by atoms with van der Waals surface area (Å²) in [5, 5.41) is 4.26. The van der Waals surface area contributed by atoms with Crippen molar-refractivity contribution in [2.24, 2.45) is 0 Å². The van der Waals surface area contributed by atoms with Crippen LogP contribution >= 0.6 is 22.9 Å². The van der Waals surface area contributed by atoms with Gasteiger partial charge in [0.2, 0.25) is 0 Å². The zero-order valence-corrected chi connectivity index (χ0v) is 23.3. The molecule has 222 valence electrons. The molecular formula is C29H22ClF6NO4S. The van der Waals surface area contributed by atoms with E-state index >= 15 is 0 Å². The maximum Gasteiger partial charge on any atom is 0.573 e. The molecule has 1 aromatic heterocycles. The molecule has 0 saturated heterocycles. The minimum atomic E-state index is -5.00. The first-order valence-corrected chi connectivity index (χ1v) is 13.4. The third-order valence-corrected chi connectivity index (χ3v) is 7.48. The number of amides is 1. The Morgan fingerprint density at radius 3 is 1.88 bits per heavy atom. The van der Waals surface area contributed by atoms with Gasteiger partial charge in [0.1, 0.15) is 15.8 Å². The normalized spacial score (nSPS) is 12.1. The van der Waals surface area contributed by atoms with Crippen LogP contribution in [0.1, 0.15) is 27.0 Å². The Morgan fingerprint density at radius 1 is 0.833 bits per heavy atom. The summed E-state index contributed by atoms with van der Waals surface area (Å²) in [6.45, 7) is -0.262. The Morgan fingerprint density at radius 2 is 1.38 bits per heavy atom. The fourth-order valence-corrected chi connectivity index (χ4v) is 5.61.